The van der Waals surface area contributed by atoms with Crippen LogP contribution in [0.2, 0.25) is 10.0 Å². The summed E-state index contributed by atoms with van der Waals surface area (Å²) in [6.45, 7) is 3.04. The maximum absolute atomic E-state index is 10.9. The highest BCUT2D eigenvalue weighted by atomic mass is 35.5. The first-order valence-electron chi connectivity index (χ1n) is 6.22. The van der Waals surface area contributed by atoms with E-state index in [0.29, 0.717) is 35.0 Å². The lowest BCUT2D eigenvalue weighted by atomic mass is 10.0. The van der Waals surface area contributed by atoms with Gasteiger partial charge in [-0.2, -0.15) is 0 Å². The third-order valence-electron chi connectivity index (χ3n) is 4.03. The molecule has 2 atom stereocenters. The average Bonchev–Trinajstić information content (AvgIpc) is 2.90. The Bertz CT molecular complexity index is 509. The summed E-state index contributed by atoms with van der Waals surface area (Å²) in [5.74, 6) is 0.844. The smallest absolute Gasteiger partial charge is 0.407 e. The van der Waals surface area contributed by atoms with Gasteiger partial charge in [0.25, 0.3) is 0 Å². The molecule has 0 aliphatic carbocycles. The van der Waals surface area contributed by atoms with Crippen molar-refractivity contribution in [3.8, 4) is 0 Å². The normalized spacial score (nSPS) is 25.8. The number of hydrogen-bond acceptors (Lipinski definition) is 2. The van der Waals surface area contributed by atoms with Crippen molar-refractivity contribution in [1.29, 1.82) is 0 Å². The number of amides is 1. The third-order valence-corrected chi connectivity index (χ3v) is 4.76. The topological polar surface area (TPSA) is 43.8 Å². The molecule has 2 heterocycles. The summed E-state index contributed by atoms with van der Waals surface area (Å²) in [5.41, 5.74) is 1.06. The Kier molecular flexibility index (Phi) is 3.23. The van der Waals surface area contributed by atoms with E-state index in [1.165, 1.54) is 4.90 Å². The quantitative estimate of drug-likeness (QED) is 0.867. The van der Waals surface area contributed by atoms with Crippen LogP contribution in [0.4, 0.5) is 10.5 Å². The molecule has 0 spiro atoms. The van der Waals surface area contributed by atoms with Gasteiger partial charge in [-0.05, 0) is 18.2 Å². The van der Waals surface area contributed by atoms with Crippen LogP contribution in [0.5, 0.6) is 0 Å². The number of fused-ring (bicyclic) bond motifs is 1. The molecule has 0 unspecified atom stereocenters. The zero-order chi connectivity index (χ0) is 13.6. The van der Waals surface area contributed by atoms with E-state index >= 15 is 0 Å². The molecule has 0 radical (unpaired) electrons. The molecule has 2 saturated heterocycles. The van der Waals surface area contributed by atoms with Crippen molar-refractivity contribution in [2.75, 3.05) is 31.1 Å². The molecule has 1 N–H and O–H groups in total. The minimum absolute atomic E-state index is 0.422. The second-order valence-electron chi connectivity index (χ2n) is 5.21. The predicted octanol–water partition coefficient (Wildman–Crippen LogP) is 3.04. The van der Waals surface area contributed by atoms with Crippen LogP contribution in [-0.2, 0) is 0 Å². The van der Waals surface area contributed by atoms with Crippen molar-refractivity contribution in [1.82, 2.24) is 4.90 Å². The van der Waals surface area contributed by atoms with Gasteiger partial charge in [-0.3, -0.25) is 0 Å². The number of anilines is 1. The molecule has 0 bridgehead atoms. The van der Waals surface area contributed by atoms with Crippen LogP contribution in [0.3, 0.4) is 0 Å². The second-order valence-corrected chi connectivity index (χ2v) is 6.03. The molecule has 1 amide bonds. The summed E-state index contributed by atoms with van der Waals surface area (Å²) >= 11 is 11.9. The van der Waals surface area contributed by atoms with E-state index in [0.717, 1.165) is 18.8 Å². The zero-order valence-electron chi connectivity index (χ0n) is 10.2. The summed E-state index contributed by atoms with van der Waals surface area (Å²) in [6, 6.07) is 5.64. The Morgan fingerprint density at radius 3 is 2.26 bits per heavy atom. The van der Waals surface area contributed by atoms with Gasteiger partial charge >= 0.3 is 6.09 Å². The summed E-state index contributed by atoms with van der Waals surface area (Å²) in [5, 5.41) is 10.1. The molecule has 0 saturated carbocycles. The molecule has 1 aromatic rings. The van der Waals surface area contributed by atoms with Crippen LogP contribution in [0.15, 0.2) is 18.2 Å². The molecule has 102 valence electrons. The zero-order valence-corrected chi connectivity index (χ0v) is 11.7. The first-order chi connectivity index (χ1) is 9.04. The second kappa shape index (κ2) is 4.76. The molecule has 0 aromatic heterocycles. The van der Waals surface area contributed by atoms with Crippen molar-refractivity contribution in [3.63, 3.8) is 0 Å². The maximum Gasteiger partial charge on any atom is 0.407 e. The van der Waals surface area contributed by atoms with Crippen LogP contribution in [-0.4, -0.2) is 42.3 Å². The minimum atomic E-state index is -0.810. The fraction of sp³-hybridized carbons (Fsp3) is 0.462. The number of carbonyl (C=O) groups is 1. The van der Waals surface area contributed by atoms with Crippen molar-refractivity contribution >= 4 is 35.0 Å². The highest BCUT2D eigenvalue weighted by Crippen LogP contribution is 2.35. The Morgan fingerprint density at radius 2 is 1.74 bits per heavy atom. The van der Waals surface area contributed by atoms with Crippen molar-refractivity contribution in [3.05, 3.63) is 28.2 Å². The molecule has 3 rings (SSSR count). The van der Waals surface area contributed by atoms with E-state index in [9.17, 15) is 4.79 Å². The molecule has 19 heavy (non-hydrogen) atoms. The van der Waals surface area contributed by atoms with Crippen molar-refractivity contribution in [2.24, 2.45) is 11.8 Å². The van der Waals surface area contributed by atoms with Gasteiger partial charge in [0.2, 0.25) is 0 Å². The molecular weight excluding hydrogens is 287 g/mol. The third kappa shape index (κ3) is 2.35. The lowest BCUT2D eigenvalue weighted by molar-refractivity contribution is 0.153. The van der Waals surface area contributed by atoms with Gasteiger partial charge < -0.3 is 14.9 Å². The minimum Gasteiger partial charge on any atom is -0.465 e. The van der Waals surface area contributed by atoms with E-state index in [1.807, 2.05) is 12.1 Å². The molecule has 2 fully saturated rings. The van der Waals surface area contributed by atoms with E-state index in [4.69, 9.17) is 28.3 Å². The highest BCUT2D eigenvalue weighted by Gasteiger charge is 2.41. The average molecular weight is 301 g/mol. The summed E-state index contributed by atoms with van der Waals surface area (Å²) in [7, 11) is 0. The molecule has 2 aliphatic heterocycles. The fourth-order valence-electron chi connectivity index (χ4n) is 3.04. The fourth-order valence-corrected chi connectivity index (χ4v) is 3.33. The number of benzene rings is 1. The first kappa shape index (κ1) is 12.9. The molecule has 4 nitrogen and oxygen atoms in total. The highest BCUT2D eigenvalue weighted by molar-refractivity contribution is 6.42. The summed E-state index contributed by atoms with van der Waals surface area (Å²) in [6.07, 6.45) is -0.810. The van der Waals surface area contributed by atoms with Gasteiger partial charge in [0.1, 0.15) is 0 Å². The monoisotopic (exact) mass is 300 g/mol. The van der Waals surface area contributed by atoms with Gasteiger partial charge in [-0.25, -0.2) is 4.79 Å². The maximum atomic E-state index is 10.9. The predicted molar refractivity (Wildman–Crippen MR) is 75.3 cm³/mol. The van der Waals surface area contributed by atoms with Crippen LogP contribution < -0.4 is 4.90 Å². The Morgan fingerprint density at radius 1 is 1.11 bits per heavy atom. The lowest BCUT2D eigenvalue weighted by Crippen LogP contribution is -2.32. The number of rotatable bonds is 1. The molecule has 1 aromatic carbocycles. The summed E-state index contributed by atoms with van der Waals surface area (Å²) in [4.78, 5) is 14.7. The van der Waals surface area contributed by atoms with Gasteiger partial charge in [-0.15, -0.1) is 0 Å². The van der Waals surface area contributed by atoms with E-state index < -0.39 is 6.09 Å². The van der Waals surface area contributed by atoms with Crippen molar-refractivity contribution in [2.45, 2.75) is 0 Å². The molecule has 2 aliphatic rings. The molecular formula is C13H14Cl2N2O2. The number of halogens is 2. The van der Waals surface area contributed by atoms with Crippen LogP contribution in [0, 0.1) is 11.8 Å². The lowest BCUT2D eigenvalue weighted by Gasteiger charge is -2.22. The van der Waals surface area contributed by atoms with E-state index in [1.54, 1.807) is 6.07 Å². The Balaban J connectivity index is 1.71. The van der Waals surface area contributed by atoms with Gasteiger partial charge in [0, 0.05) is 43.7 Å². The van der Waals surface area contributed by atoms with Gasteiger partial charge in [0.05, 0.1) is 10.0 Å². The largest absolute Gasteiger partial charge is 0.465 e. The van der Waals surface area contributed by atoms with Crippen LogP contribution >= 0.6 is 23.2 Å². The number of hydrogen-bond donors (Lipinski definition) is 1. The standard InChI is InChI=1S/C13H14Cl2N2O2/c14-11-2-1-10(3-12(11)15)16-4-8-6-17(13(18)19)7-9(8)5-16/h1-3,8-9H,4-7H2,(H,18,19)/t8-,9+. The Labute approximate surface area is 121 Å². The van der Waals surface area contributed by atoms with Gasteiger partial charge in [0.15, 0.2) is 0 Å². The summed E-state index contributed by atoms with van der Waals surface area (Å²) < 4.78 is 0. The SMILES string of the molecule is O=C(O)N1C[C@@H]2CN(c3ccc(Cl)c(Cl)c3)C[C@@H]2C1. The van der Waals surface area contributed by atoms with Crippen LogP contribution in [0.25, 0.3) is 0 Å². The van der Waals surface area contributed by atoms with Crippen LogP contribution in [0.1, 0.15) is 0 Å². The van der Waals surface area contributed by atoms with Gasteiger partial charge in [-0.1, -0.05) is 23.2 Å². The number of carboxylic acid groups (broad SMARTS) is 1. The Hall–Kier alpha value is -1.13. The van der Waals surface area contributed by atoms with E-state index in [2.05, 4.69) is 4.90 Å². The van der Waals surface area contributed by atoms with E-state index in [-0.39, 0.29) is 0 Å². The molecule has 6 heteroatoms. The number of likely N-dealkylation sites (tertiary alicyclic amines) is 1. The number of nitrogens with zero attached hydrogens (tertiary/aromatic N) is 2. The first-order valence-corrected chi connectivity index (χ1v) is 6.98. The van der Waals surface area contributed by atoms with Crippen molar-refractivity contribution < 1.29 is 9.90 Å².